The van der Waals surface area contributed by atoms with Gasteiger partial charge in [0, 0.05) is 55.2 Å². The van der Waals surface area contributed by atoms with Crippen molar-refractivity contribution in [3.05, 3.63) is 108 Å². The highest BCUT2D eigenvalue weighted by Crippen LogP contribution is 2.30. The molecule has 0 radical (unpaired) electrons. The number of rotatable bonds is 15. The largest absolute Gasteiger partial charge is 0.378 e. The maximum Gasteiger partial charge on any atom is 0.297 e. The van der Waals surface area contributed by atoms with E-state index in [1.807, 2.05) is 70.5 Å². The molecule has 4 heterocycles. The number of sulfone groups is 1. The molecule has 0 atom stereocenters. The van der Waals surface area contributed by atoms with Crippen LogP contribution in [0.2, 0.25) is 0 Å². The first kappa shape index (κ1) is 42.9. The van der Waals surface area contributed by atoms with E-state index in [1.165, 1.54) is 24.3 Å². The molecule has 0 aliphatic carbocycles. The average Bonchev–Trinajstić information content (AvgIpc) is 3.29. The van der Waals surface area contributed by atoms with Crippen LogP contribution in [0, 0.1) is 0 Å². The van der Waals surface area contributed by atoms with Gasteiger partial charge in [-0.05, 0) is 59.7 Å². The Hall–Kier alpha value is -6.78. The standard InChI is InChI=1S/C42H44N12O7S2/c1-59-63(57,58)36-28-34(46-40-48-38(44-32-11-7-4-8-12-32)50-42(52-40)54-21-25-61-26-22-54)18-16-30(36)14-13-29-15-17-33(27-35(29)62(2,55)56)45-39-47-37(43-31-9-5-3-6-10-31)49-41(51-39)53-19-23-60-24-20-53/h3-18,27-28H,19-26H2,1-2H3,(H2,43,45,47,49,51)(H2,44,46,48,50,52)/b14-13+. The van der Waals surface area contributed by atoms with Crippen LogP contribution in [0.3, 0.4) is 0 Å². The minimum atomic E-state index is -4.28. The second-order valence-electron chi connectivity index (χ2n) is 14.2. The van der Waals surface area contributed by atoms with E-state index in [2.05, 4.69) is 51.2 Å². The van der Waals surface area contributed by atoms with Crippen molar-refractivity contribution in [3.63, 3.8) is 0 Å². The highest BCUT2D eigenvalue weighted by Gasteiger charge is 2.22. The molecule has 2 fully saturated rings. The molecule has 2 aliphatic rings. The molecule has 4 aromatic carbocycles. The van der Waals surface area contributed by atoms with Gasteiger partial charge in [-0.1, -0.05) is 60.7 Å². The third-order valence-electron chi connectivity index (χ3n) is 9.77. The molecule has 6 aromatic rings. The van der Waals surface area contributed by atoms with Crippen LogP contribution in [0.25, 0.3) is 12.2 Å². The maximum atomic E-state index is 13.4. The number of hydrogen-bond donors (Lipinski definition) is 4. The molecule has 2 aliphatic heterocycles. The number of para-hydroxylation sites is 2. The number of aromatic nitrogens is 6. The molecule has 326 valence electrons. The van der Waals surface area contributed by atoms with Gasteiger partial charge < -0.3 is 40.5 Å². The van der Waals surface area contributed by atoms with E-state index in [1.54, 1.807) is 24.3 Å². The Morgan fingerprint density at radius 2 is 0.905 bits per heavy atom. The smallest absolute Gasteiger partial charge is 0.297 e. The number of ether oxygens (including phenoxy) is 2. The van der Waals surface area contributed by atoms with E-state index in [4.69, 9.17) is 13.7 Å². The van der Waals surface area contributed by atoms with Gasteiger partial charge in [0.2, 0.25) is 35.7 Å². The van der Waals surface area contributed by atoms with E-state index in [0.29, 0.717) is 87.4 Å². The number of anilines is 10. The van der Waals surface area contributed by atoms with Gasteiger partial charge in [-0.2, -0.15) is 38.3 Å². The molecule has 0 unspecified atom stereocenters. The molecular weight excluding hydrogens is 849 g/mol. The summed E-state index contributed by atoms with van der Waals surface area (Å²) in [6.07, 6.45) is 4.13. The zero-order valence-electron chi connectivity index (χ0n) is 34.3. The quantitative estimate of drug-likeness (QED) is 0.0725. The predicted molar refractivity (Wildman–Crippen MR) is 241 cm³/mol. The lowest BCUT2D eigenvalue weighted by Gasteiger charge is -2.27. The van der Waals surface area contributed by atoms with Gasteiger partial charge in [-0.15, -0.1) is 0 Å². The summed E-state index contributed by atoms with van der Waals surface area (Å²) in [5.74, 6) is 1.77. The number of nitrogens with one attached hydrogen (secondary N) is 4. The van der Waals surface area contributed by atoms with Gasteiger partial charge >= 0.3 is 0 Å². The summed E-state index contributed by atoms with van der Waals surface area (Å²) in [6.45, 7) is 4.40. The zero-order valence-corrected chi connectivity index (χ0v) is 35.9. The highest BCUT2D eigenvalue weighted by atomic mass is 32.2. The van der Waals surface area contributed by atoms with Gasteiger partial charge in [0.05, 0.1) is 38.4 Å². The third kappa shape index (κ3) is 11.0. The van der Waals surface area contributed by atoms with Crippen LogP contribution in [0.5, 0.6) is 0 Å². The molecular formula is C42H44N12O7S2. The Labute approximate surface area is 364 Å². The first-order valence-electron chi connectivity index (χ1n) is 19.8. The zero-order chi connectivity index (χ0) is 43.8. The Kier molecular flexibility index (Phi) is 13.0. The topological polar surface area (TPSA) is 228 Å². The van der Waals surface area contributed by atoms with Crippen LogP contribution in [0.15, 0.2) is 107 Å². The minimum absolute atomic E-state index is 0.0193. The fraction of sp³-hybridized carbons (Fsp3) is 0.238. The molecule has 0 amide bonds. The van der Waals surface area contributed by atoms with E-state index in [-0.39, 0.29) is 33.2 Å². The molecule has 2 saturated heterocycles. The molecule has 0 bridgehead atoms. The Morgan fingerprint density at radius 1 is 0.524 bits per heavy atom. The Morgan fingerprint density at radius 3 is 1.30 bits per heavy atom. The predicted octanol–water partition coefficient (Wildman–Crippen LogP) is 5.61. The van der Waals surface area contributed by atoms with Crippen molar-refractivity contribution in [1.29, 1.82) is 0 Å². The molecule has 63 heavy (non-hydrogen) atoms. The summed E-state index contributed by atoms with van der Waals surface area (Å²) >= 11 is 0. The fourth-order valence-electron chi connectivity index (χ4n) is 6.63. The van der Waals surface area contributed by atoms with Crippen molar-refractivity contribution in [2.75, 3.05) is 97.0 Å². The summed E-state index contributed by atoms with van der Waals surface area (Å²) in [4.78, 5) is 31.4. The summed E-state index contributed by atoms with van der Waals surface area (Å²) in [7, 11) is -7.03. The SMILES string of the molecule is COS(=O)(=O)c1cc(Nc2nc(Nc3ccccc3)nc(N3CCOCC3)n2)ccc1/C=C/c1ccc(Nc2nc(Nc3ccccc3)nc(N3CCOCC3)n2)cc1S(C)(=O)=O. The van der Waals surface area contributed by atoms with Gasteiger partial charge in [0.25, 0.3) is 10.1 Å². The van der Waals surface area contributed by atoms with Crippen molar-refractivity contribution in [2.24, 2.45) is 0 Å². The van der Waals surface area contributed by atoms with Crippen molar-refractivity contribution < 1.29 is 30.5 Å². The van der Waals surface area contributed by atoms with Crippen molar-refractivity contribution in [2.45, 2.75) is 9.79 Å². The van der Waals surface area contributed by atoms with E-state index in [9.17, 15) is 16.8 Å². The summed E-state index contributed by atoms with van der Waals surface area (Å²) < 4.78 is 69.2. The van der Waals surface area contributed by atoms with Crippen molar-refractivity contribution in [3.8, 4) is 0 Å². The molecule has 4 N–H and O–H groups in total. The molecule has 8 rings (SSSR count). The van der Waals surface area contributed by atoms with Crippen LogP contribution in [0.4, 0.5) is 58.4 Å². The summed E-state index contributed by atoms with van der Waals surface area (Å²) in [6, 6.07) is 28.2. The normalized spacial score (nSPS) is 14.7. The van der Waals surface area contributed by atoms with Gasteiger partial charge in [0.1, 0.15) is 4.90 Å². The maximum absolute atomic E-state index is 13.4. The third-order valence-corrected chi connectivity index (χ3v) is 12.2. The lowest BCUT2D eigenvalue weighted by atomic mass is 10.1. The first-order chi connectivity index (χ1) is 30.5. The van der Waals surface area contributed by atoms with E-state index < -0.39 is 20.0 Å². The summed E-state index contributed by atoms with van der Waals surface area (Å²) in [5.41, 5.74) is 2.83. The van der Waals surface area contributed by atoms with Gasteiger partial charge in [0.15, 0.2) is 9.84 Å². The number of benzene rings is 4. The van der Waals surface area contributed by atoms with E-state index >= 15 is 0 Å². The second-order valence-corrected chi connectivity index (χ2v) is 17.9. The molecule has 2 aromatic heterocycles. The molecule has 0 spiro atoms. The van der Waals surface area contributed by atoms with Crippen LogP contribution in [0.1, 0.15) is 11.1 Å². The van der Waals surface area contributed by atoms with Gasteiger partial charge in [-0.25, -0.2) is 8.42 Å². The van der Waals surface area contributed by atoms with Crippen LogP contribution in [-0.4, -0.2) is 113 Å². The molecule has 21 heteroatoms. The highest BCUT2D eigenvalue weighted by molar-refractivity contribution is 7.90. The lowest BCUT2D eigenvalue weighted by molar-refractivity contribution is 0.122. The Bertz CT molecular complexity index is 2810. The lowest BCUT2D eigenvalue weighted by Crippen LogP contribution is -2.37. The monoisotopic (exact) mass is 892 g/mol. The van der Waals surface area contributed by atoms with Crippen LogP contribution >= 0.6 is 0 Å². The fourth-order valence-corrected chi connectivity index (χ4v) is 8.41. The van der Waals surface area contributed by atoms with E-state index in [0.717, 1.165) is 24.7 Å². The van der Waals surface area contributed by atoms with Crippen LogP contribution in [-0.2, 0) is 33.6 Å². The Balaban J connectivity index is 1.08. The number of morpholine rings is 2. The molecule has 19 nitrogen and oxygen atoms in total. The summed E-state index contributed by atoms with van der Waals surface area (Å²) in [5, 5.41) is 12.7. The van der Waals surface area contributed by atoms with Crippen molar-refractivity contribution in [1.82, 2.24) is 29.9 Å². The molecule has 0 saturated carbocycles. The average molecular weight is 893 g/mol. The minimum Gasteiger partial charge on any atom is -0.378 e. The first-order valence-corrected chi connectivity index (χ1v) is 23.1. The number of nitrogens with zero attached hydrogens (tertiary/aromatic N) is 8. The van der Waals surface area contributed by atoms with Crippen LogP contribution < -0.4 is 31.1 Å². The van der Waals surface area contributed by atoms with Crippen molar-refractivity contribution >= 4 is 90.5 Å². The second kappa shape index (κ2) is 19.1. The number of hydrogen-bond acceptors (Lipinski definition) is 19. The van der Waals surface area contributed by atoms with Gasteiger partial charge in [-0.3, -0.25) is 4.18 Å².